The van der Waals surface area contributed by atoms with Gasteiger partial charge >= 0.3 is 5.97 Å². The third kappa shape index (κ3) is 2.47. The lowest BCUT2D eigenvalue weighted by molar-refractivity contribution is -0.385. The number of nitrogens with zero attached hydrogens (tertiary/aromatic N) is 4. The molecule has 0 saturated heterocycles. The van der Waals surface area contributed by atoms with Crippen molar-refractivity contribution in [1.29, 1.82) is 0 Å². The fourth-order valence-corrected chi connectivity index (χ4v) is 2.23. The highest BCUT2D eigenvalue weighted by Gasteiger charge is 2.21. The number of hydrogen-bond acceptors (Lipinski definition) is 5. The Labute approximate surface area is 120 Å². The van der Waals surface area contributed by atoms with E-state index in [4.69, 9.17) is 5.11 Å². The van der Waals surface area contributed by atoms with E-state index in [2.05, 4.69) is 10.3 Å². The van der Waals surface area contributed by atoms with Gasteiger partial charge in [0, 0.05) is 11.6 Å². The van der Waals surface area contributed by atoms with Crippen molar-refractivity contribution in [1.82, 2.24) is 15.0 Å². The lowest BCUT2D eigenvalue weighted by Crippen LogP contribution is -2.08. The van der Waals surface area contributed by atoms with Crippen LogP contribution in [0.4, 0.5) is 5.69 Å². The fourth-order valence-electron chi connectivity index (χ4n) is 2.23. The molecule has 0 unspecified atom stereocenters. The number of nitro groups is 1. The molecule has 0 radical (unpaired) electrons. The Morgan fingerprint density at radius 1 is 1.38 bits per heavy atom. The number of hydrogen-bond donors (Lipinski definition) is 1. The van der Waals surface area contributed by atoms with E-state index in [9.17, 15) is 14.9 Å². The van der Waals surface area contributed by atoms with Crippen LogP contribution in [0.15, 0.2) is 12.1 Å². The Balaban J connectivity index is 2.70. The number of carbonyl (C=O) groups is 1. The highest BCUT2D eigenvalue weighted by atomic mass is 16.6. The van der Waals surface area contributed by atoms with Gasteiger partial charge in [0.1, 0.15) is 0 Å². The molecule has 0 bridgehead atoms. The van der Waals surface area contributed by atoms with Gasteiger partial charge in [0.15, 0.2) is 5.69 Å². The first-order valence-corrected chi connectivity index (χ1v) is 6.30. The molecule has 0 saturated carbocycles. The van der Waals surface area contributed by atoms with Gasteiger partial charge in [0.05, 0.1) is 16.3 Å². The second kappa shape index (κ2) is 5.31. The Hall–Kier alpha value is -2.77. The SMILES string of the molecule is CCc1c(C(=O)O)nnn1-c1cc([N+](=O)[O-])c(C)cc1C. The largest absolute Gasteiger partial charge is 0.476 e. The topological polar surface area (TPSA) is 111 Å². The third-order valence-electron chi connectivity index (χ3n) is 3.24. The molecule has 2 rings (SSSR count). The van der Waals surface area contributed by atoms with Crippen molar-refractivity contribution in [3.63, 3.8) is 0 Å². The summed E-state index contributed by atoms with van der Waals surface area (Å²) < 4.78 is 1.35. The van der Waals surface area contributed by atoms with E-state index in [-0.39, 0.29) is 11.4 Å². The van der Waals surface area contributed by atoms with E-state index >= 15 is 0 Å². The maximum Gasteiger partial charge on any atom is 0.358 e. The number of benzene rings is 1. The Bertz CT molecular complexity index is 736. The van der Waals surface area contributed by atoms with Crippen LogP contribution in [-0.2, 0) is 6.42 Å². The highest BCUT2D eigenvalue weighted by Crippen LogP contribution is 2.26. The number of aryl methyl sites for hydroxylation is 2. The molecule has 1 N–H and O–H groups in total. The molecular weight excluding hydrogens is 276 g/mol. The van der Waals surface area contributed by atoms with Crippen LogP contribution in [0.1, 0.15) is 34.2 Å². The van der Waals surface area contributed by atoms with Crippen molar-refractivity contribution >= 4 is 11.7 Å². The molecule has 0 atom stereocenters. The first-order chi connectivity index (χ1) is 9.86. The van der Waals surface area contributed by atoms with E-state index in [0.29, 0.717) is 23.4 Å². The van der Waals surface area contributed by atoms with Crippen molar-refractivity contribution in [2.75, 3.05) is 0 Å². The number of aromatic carboxylic acids is 1. The van der Waals surface area contributed by atoms with Gasteiger partial charge in [-0.05, 0) is 31.9 Å². The van der Waals surface area contributed by atoms with Crippen LogP contribution in [0.25, 0.3) is 5.69 Å². The van der Waals surface area contributed by atoms with E-state index in [1.165, 1.54) is 10.7 Å². The minimum Gasteiger partial charge on any atom is -0.476 e. The maximum atomic E-state index is 11.1. The smallest absolute Gasteiger partial charge is 0.358 e. The van der Waals surface area contributed by atoms with Crippen LogP contribution in [-0.4, -0.2) is 31.0 Å². The molecule has 21 heavy (non-hydrogen) atoms. The average Bonchev–Trinajstić information content (AvgIpc) is 2.81. The molecule has 0 aliphatic heterocycles. The molecular formula is C13H14N4O4. The Kier molecular flexibility index (Phi) is 3.70. The molecule has 0 amide bonds. The number of aromatic nitrogens is 3. The van der Waals surface area contributed by atoms with Crippen LogP contribution in [0.3, 0.4) is 0 Å². The molecule has 110 valence electrons. The fraction of sp³-hybridized carbons (Fsp3) is 0.308. The van der Waals surface area contributed by atoms with Crippen molar-refractivity contribution < 1.29 is 14.8 Å². The van der Waals surface area contributed by atoms with Crippen molar-refractivity contribution in [3.05, 3.63) is 44.8 Å². The second-order valence-electron chi connectivity index (χ2n) is 4.64. The summed E-state index contributed by atoms with van der Waals surface area (Å²) in [6.07, 6.45) is 0.399. The van der Waals surface area contributed by atoms with Gasteiger partial charge in [0.2, 0.25) is 0 Å². The van der Waals surface area contributed by atoms with Gasteiger partial charge < -0.3 is 5.11 Å². The summed E-state index contributed by atoms with van der Waals surface area (Å²) in [5, 5.41) is 27.6. The first kappa shape index (κ1) is 14.6. The minimum absolute atomic E-state index is 0.0370. The van der Waals surface area contributed by atoms with Crippen LogP contribution < -0.4 is 0 Å². The summed E-state index contributed by atoms with van der Waals surface area (Å²) >= 11 is 0. The molecule has 8 heteroatoms. The first-order valence-electron chi connectivity index (χ1n) is 6.30. The van der Waals surface area contributed by atoms with Crippen LogP contribution in [0.5, 0.6) is 0 Å². The molecule has 0 fully saturated rings. The maximum absolute atomic E-state index is 11.1. The molecule has 0 spiro atoms. The summed E-state index contributed by atoms with van der Waals surface area (Å²) in [4.78, 5) is 21.7. The standard InChI is InChI=1S/C13H14N4O4/c1-4-9-12(13(18)19)14-15-16(9)10-6-11(17(20)21)8(3)5-7(10)2/h5-6H,4H2,1-3H3,(H,18,19). The number of carboxylic acids is 1. The molecule has 8 nitrogen and oxygen atoms in total. The zero-order valence-electron chi connectivity index (χ0n) is 11.8. The van der Waals surface area contributed by atoms with Crippen LogP contribution >= 0.6 is 0 Å². The summed E-state index contributed by atoms with van der Waals surface area (Å²) in [6.45, 7) is 5.22. The normalized spacial score (nSPS) is 10.6. The van der Waals surface area contributed by atoms with Gasteiger partial charge in [-0.2, -0.15) is 0 Å². The highest BCUT2D eigenvalue weighted by molar-refractivity contribution is 5.86. The van der Waals surface area contributed by atoms with Crippen LogP contribution in [0.2, 0.25) is 0 Å². The summed E-state index contributed by atoms with van der Waals surface area (Å²) in [5.74, 6) is -1.17. The molecule has 1 aromatic heterocycles. The van der Waals surface area contributed by atoms with Gasteiger partial charge in [-0.3, -0.25) is 10.1 Å². The predicted octanol–water partition coefficient (Wildman–Crippen LogP) is 2.05. The number of carboxylic acid groups (broad SMARTS) is 1. The zero-order valence-corrected chi connectivity index (χ0v) is 11.8. The van der Waals surface area contributed by atoms with Crippen LogP contribution in [0, 0.1) is 24.0 Å². The lowest BCUT2D eigenvalue weighted by Gasteiger charge is -2.10. The average molecular weight is 290 g/mol. The lowest BCUT2D eigenvalue weighted by atomic mass is 10.1. The van der Waals surface area contributed by atoms with E-state index in [1.54, 1.807) is 26.8 Å². The Morgan fingerprint density at radius 2 is 2.05 bits per heavy atom. The molecule has 2 aromatic rings. The van der Waals surface area contributed by atoms with E-state index < -0.39 is 10.9 Å². The van der Waals surface area contributed by atoms with E-state index in [1.807, 2.05) is 0 Å². The van der Waals surface area contributed by atoms with Gasteiger partial charge in [-0.15, -0.1) is 5.10 Å². The summed E-state index contributed by atoms with van der Waals surface area (Å²) in [5.41, 5.74) is 1.99. The predicted molar refractivity (Wildman–Crippen MR) is 73.8 cm³/mol. The second-order valence-corrected chi connectivity index (χ2v) is 4.64. The monoisotopic (exact) mass is 290 g/mol. The zero-order chi connectivity index (χ0) is 15.7. The summed E-state index contributed by atoms with van der Waals surface area (Å²) in [7, 11) is 0. The van der Waals surface area contributed by atoms with Crippen molar-refractivity contribution in [2.24, 2.45) is 0 Å². The van der Waals surface area contributed by atoms with E-state index in [0.717, 1.165) is 5.56 Å². The van der Waals surface area contributed by atoms with Crippen molar-refractivity contribution in [2.45, 2.75) is 27.2 Å². The van der Waals surface area contributed by atoms with Crippen molar-refractivity contribution in [3.8, 4) is 5.69 Å². The number of rotatable bonds is 4. The molecule has 0 aliphatic rings. The van der Waals surface area contributed by atoms with Gasteiger partial charge in [-0.25, -0.2) is 9.48 Å². The molecule has 1 aromatic carbocycles. The minimum atomic E-state index is -1.17. The molecule has 0 aliphatic carbocycles. The quantitative estimate of drug-likeness (QED) is 0.681. The number of nitro benzene ring substituents is 1. The Morgan fingerprint density at radius 3 is 2.57 bits per heavy atom. The summed E-state index contributed by atoms with van der Waals surface area (Å²) in [6, 6.07) is 3.07. The third-order valence-corrected chi connectivity index (χ3v) is 3.24. The van der Waals surface area contributed by atoms with Gasteiger partial charge in [-0.1, -0.05) is 12.1 Å². The van der Waals surface area contributed by atoms with Gasteiger partial charge in [0.25, 0.3) is 5.69 Å². The molecule has 1 heterocycles.